The van der Waals surface area contributed by atoms with Gasteiger partial charge in [-0.2, -0.15) is 0 Å². The van der Waals surface area contributed by atoms with Gasteiger partial charge in [-0.3, -0.25) is 4.79 Å². The second-order valence-corrected chi connectivity index (χ2v) is 11.7. The van der Waals surface area contributed by atoms with Crippen LogP contribution in [0.1, 0.15) is 92.4 Å². The maximum absolute atomic E-state index is 13.4. The molecule has 0 aliphatic heterocycles. The molecule has 4 aliphatic carbocycles. The molecule has 8 unspecified atom stereocenters. The van der Waals surface area contributed by atoms with E-state index < -0.39 is 0 Å². The van der Waals surface area contributed by atoms with E-state index >= 15 is 0 Å². The molecule has 0 saturated heterocycles. The molecule has 1 N–H and O–H groups in total. The number of ketones is 1. The van der Waals surface area contributed by atoms with Gasteiger partial charge in [-0.15, -0.1) is 0 Å². The number of allylic oxidation sites excluding steroid dienone is 3. The van der Waals surface area contributed by atoms with Gasteiger partial charge in [0.15, 0.2) is 5.78 Å². The minimum Gasteiger partial charge on any atom is -0.393 e. The third-order valence-electron chi connectivity index (χ3n) is 9.85. The van der Waals surface area contributed by atoms with E-state index in [1.165, 1.54) is 49.7 Å². The van der Waals surface area contributed by atoms with Crippen LogP contribution in [0, 0.1) is 40.4 Å². The fourth-order valence-electron chi connectivity index (χ4n) is 8.19. The molecule has 0 aromatic rings. The second-order valence-electron chi connectivity index (χ2n) is 11.7. The monoisotopic (exact) mass is 398 g/mol. The van der Waals surface area contributed by atoms with Crippen molar-refractivity contribution < 1.29 is 9.90 Å². The van der Waals surface area contributed by atoms with Crippen LogP contribution in [0.2, 0.25) is 0 Å². The van der Waals surface area contributed by atoms with Gasteiger partial charge in [0.05, 0.1) is 6.10 Å². The van der Waals surface area contributed by atoms with Crippen molar-refractivity contribution in [1.29, 1.82) is 0 Å². The highest BCUT2D eigenvalue weighted by Gasteiger charge is 2.61. The van der Waals surface area contributed by atoms with Crippen molar-refractivity contribution >= 4 is 5.78 Å². The average molecular weight is 399 g/mol. The molecule has 0 bridgehead atoms. The topological polar surface area (TPSA) is 37.3 Å². The number of hydrogen-bond donors (Lipinski definition) is 1. The van der Waals surface area contributed by atoms with E-state index in [1.807, 2.05) is 6.08 Å². The number of fused-ring (bicyclic) bond motifs is 5. The van der Waals surface area contributed by atoms with Crippen LogP contribution in [0.4, 0.5) is 0 Å². The van der Waals surface area contributed by atoms with Crippen molar-refractivity contribution in [3.8, 4) is 0 Å². The van der Waals surface area contributed by atoms with Gasteiger partial charge in [-0.25, -0.2) is 0 Å². The lowest BCUT2D eigenvalue weighted by atomic mass is 9.46. The van der Waals surface area contributed by atoms with Crippen molar-refractivity contribution in [3.63, 3.8) is 0 Å². The number of rotatable bonds is 4. The first-order valence-corrected chi connectivity index (χ1v) is 12.2. The molecule has 3 fully saturated rings. The summed E-state index contributed by atoms with van der Waals surface area (Å²) < 4.78 is 0. The highest BCUT2D eigenvalue weighted by Crippen LogP contribution is 2.66. The van der Waals surface area contributed by atoms with Crippen molar-refractivity contribution in [3.05, 3.63) is 23.3 Å². The molecule has 0 aromatic carbocycles. The van der Waals surface area contributed by atoms with Crippen LogP contribution in [-0.4, -0.2) is 17.0 Å². The summed E-state index contributed by atoms with van der Waals surface area (Å²) in [6.07, 6.45) is 14.3. The normalized spacial score (nSPS) is 45.0. The van der Waals surface area contributed by atoms with Gasteiger partial charge in [0.1, 0.15) is 0 Å². The quantitative estimate of drug-likeness (QED) is 0.550. The largest absolute Gasteiger partial charge is 0.393 e. The van der Waals surface area contributed by atoms with E-state index in [0.717, 1.165) is 31.1 Å². The minimum atomic E-state index is -0.245. The van der Waals surface area contributed by atoms with Gasteiger partial charge in [0, 0.05) is 5.92 Å². The summed E-state index contributed by atoms with van der Waals surface area (Å²) in [6, 6.07) is 0. The molecule has 8 atom stereocenters. The lowest BCUT2D eigenvalue weighted by Gasteiger charge is -2.57. The van der Waals surface area contributed by atoms with Crippen LogP contribution in [0.5, 0.6) is 0 Å². The summed E-state index contributed by atoms with van der Waals surface area (Å²) in [4.78, 5) is 13.4. The molecule has 4 rings (SSSR count). The molecule has 0 spiro atoms. The number of carbonyl (C=O) groups excluding carboxylic acids is 1. The lowest BCUT2D eigenvalue weighted by molar-refractivity contribution is -0.135. The molecule has 0 heterocycles. The number of aliphatic hydroxyl groups excluding tert-OH is 1. The van der Waals surface area contributed by atoms with E-state index in [1.54, 1.807) is 0 Å². The number of aliphatic hydroxyl groups is 1. The van der Waals surface area contributed by atoms with Crippen LogP contribution in [0.15, 0.2) is 23.3 Å². The lowest BCUT2D eigenvalue weighted by Crippen LogP contribution is -2.53. The van der Waals surface area contributed by atoms with Crippen LogP contribution in [-0.2, 0) is 4.79 Å². The zero-order valence-electron chi connectivity index (χ0n) is 19.3. The predicted octanol–water partition coefficient (Wildman–Crippen LogP) is 6.49. The summed E-state index contributed by atoms with van der Waals surface area (Å²) in [7, 11) is 0. The van der Waals surface area contributed by atoms with E-state index in [4.69, 9.17) is 0 Å². The van der Waals surface area contributed by atoms with Crippen LogP contribution in [0.25, 0.3) is 0 Å². The third kappa shape index (κ3) is 3.48. The Labute approximate surface area is 178 Å². The maximum atomic E-state index is 13.4. The molecule has 29 heavy (non-hydrogen) atoms. The molecular formula is C27H42O2. The van der Waals surface area contributed by atoms with E-state index in [-0.39, 0.29) is 17.4 Å². The average Bonchev–Trinajstić information content (AvgIpc) is 3.00. The van der Waals surface area contributed by atoms with Crippen LogP contribution < -0.4 is 0 Å². The Kier molecular flexibility index (Phi) is 5.64. The summed E-state index contributed by atoms with van der Waals surface area (Å²) in [5.74, 6) is 3.19. The van der Waals surface area contributed by atoms with E-state index in [0.29, 0.717) is 23.0 Å². The maximum Gasteiger partial charge on any atom is 0.159 e. The fraction of sp³-hybridized carbons (Fsp3) is 0.815. The van der Waals surface area contributed by atoms with Crippen molar-refractivity contribution in [2.45, 2.75) is 98.5 Å². The second kappa shape index (κ2) is 7.66. The Morgan fingerprint density at radius 3 is 2.66 bits per heavy atom. The molecule has 0 radical (unpaired) electrons. The van der Waals surface area contributed by atoms with Gasteiger partial charge < -0.3 is 5.11 Å². The Morgan fingerprint density at radius 2 is 1.93 bits per heavy atom. The summed E-state index contributed by atoms with van der Waals surface area (Å²) in [6.45, 7) is 11.8. The third-order valence-corrected chi connectivity index (χ3v) is 9.85. The molecule has 3 saturated carbocycles. The van der Waals surface area contributed by atoms with Crippen molar-refractivity contribution in [1.82, 2.24) is 0 Å². The molecule has 2 nitrogen and oxygen atoms in total. The first-order valence-electron chi connectivity index (χ1n) is 12.2. The van der Waals surface area contributed by atoms with Crippen LogP contribution >= 0.6 is 0 Å². The van der Waals surface area contributed by atoms with Gasteiger partial charge in [0.2, 0.25) is 0 Å². The van der Waals surface area contributed by atoms with Gasteiger partial charge in [-0.1, -0.05) is 38.0 Å². The van der Waals surface area contributed by atoms with Crippen molar-refractivity contribution in [2.75, 3.05) is 0 Å². The summed E-state index contributed by atoms with van der Waals surface area (Å²) in [5.41, 5.74) is 3.16. The van der Waals surface area contributed by atoms with Gasteiger partial charge in [-0.05, 0) is 112 Å². The van der Waals surface area contributed by atoms with E-state index in [9.17, 15) is 9.90 Å². The van der Waals surface area contributed by atoms with E-state index in [2.05, 4.69) is 40.7 Å². The minimum absolute atomic E-state index is 0.145. The predicted molar refractivity (Wildman–Crippen MR) is 119 cm³/mol. The highest BCUT2D eigenvalue weighted by molar-refractivity contribution is 5.94. The SMILES string of the molecule is CC(C)=CCCC(C)C1CCC2C3C(=O)C=C4CC(O)CCC4(C)C3CCC12C. The zero-order valence-corrected chi connectivity index (χ0v) is 19.3. The molecule has 0 amide bonds. The summed E-state index contributed by atoms with van der Waals surface area (Å²) in [5, 5.41) is 10.2. The van der Waals surface area contributed by atoms with Crippen LogP contribution in [0.3, 0.4) is 0 Å². The van der Waals surface area contributed by atoms with Crippen molar-refractivity contribution in [2.24, 2.45) is 40.4 Å². The molecule has 4 aliphatic rings. The Bertz CT molecular complexity index is 714. The standard InChI is InChI=1S/C27H42O2/c1-17(2)7-6-8-18(3)21-9-10-22-25-23(12-14-27(21,22)5)26(4)13-11-20(28)15-19(26)16-24(25)29/h7,16,18,20-23,25,28H,6,8-15H2,1-5H3. The van der Waals surface area contributed by atoms with Gasteiger partial charge >= 0.3 is 0 Å². The first-order chi connectivity index (χ1) is 13.7. The number of carbonyl (C=O) groups is 1. The fourth-order valence-corrected chi connectivity index (χ4v) is 8.19. The molecular weight excluding hydrogens is 356 g/mol. The smallest absolute Gasteiger partial charge is 0.159 e. The highest BCUT2D eigenvalue weighted by atomic mass is 16.3. The molecule has 162 valence electrons. The molecule has 2 heteroatoms. The first kappa shape index (κ1) is 21.3. The Morgan fingerprint density at radius 1 is 1.17 bits per heavy atom. The molecule has 0 aromatic heterocycles. The zero-order chi connectivity index (χ0) is 21.0. The Hall–Kier alpha value is -0.890. The number of hydrogen-bond acceptors (Lipinski definition) is 2. The summed E-state index contributed by atoms with van der Waals surface area (Å²) >= 11 is 0. The Balaban J connectivity index is 1.57. The van der Waals surface area contributed by atoms with Gasteiger partial charge in [0.25, 0.3) is 0 Å².